The molecule has 0 aliphatic heterocycles. The molecule has 2 aromatic heterocycles. The summed E-state index contributed by atoms with van der Waals surface area (Å²) < 4.78 is 12.4. The molecule has 0 spiro atoms. The third-order valence-electron chi connectivity index (χ3n) is 4.46. The average Bonchev–Trinajstić information content (AvgIpc) is 3.46. The van der Waals surface area contributed by atoms with Crippen LogP contribution in [0.15, 0.2) is 58.2 Å². The summed E-state index contributed by atoms with van der Waals surface area (Å²) in [4.78, 5) is 16.7. The molecule has 164 valence electrons. The van der Waals surface area contributed by atoms with Gasteiger partial charge in [-0.2, -0.15) is 4.98 Å². The van der Waals surface area contributed by atoms with Crippen LogP contribution in [0.1, 0.15) is 6.92 Å². The van der Waals surface area contributed by atoms with Gasteiger partial charge >= 0.3 is 0 Å². The predicted octanol–water partition coefficient (Wildman–Crippen LogP) is 4.41. The van der Waals surface area contributed by atoms with Crippen molar-refractivity contribution >= 4 is 35.0 Å². The lowest BCUT2D eigenvalue weighted by atomic mass is 10.2. The number of rotatable bonds is 8. The highest BCUT2D eigenvalue weighted by atomic mass is 35.5. The van der Waals surface area contributed by atoms with Gasteiger partial charge in [0.15, 0.2) is 5.16 Å². The van der Waals surface area contributed by atoms with Crippen molar-refractivity contribution in [1.29, 1.82) is 0 Å². The highest BCUT2D eigenvalue weighted by Gasteiger charge is 2.20. The summed E-state index contributed by atoms with van der Waals surface area (Å²) in [6.45, 7) is 2.52. The fourth-order valence-electron chi connectivity index (χ4n) is 2.87. The largest absolute Gasteiger partial charge is 0.497 e. The lowest BCUT2D eigenvalue weighted by molar-refractivity contribution is -0.113. The summed E-state index contributed by atoms with van der Waals surface area (Å²) in [7, 11) is 1.61. The van der Waals surface area contributed by atoms with Gasteiger partial charge < -0.3 is 14.6 Å². The Morgan fingerprint density at radius 1 is 1.16 bits per heavy atom. The Balaban J connectivity index is 1.45. The van der Waals surface area contributed by atoms with Gasteiger partial charge in [0.1, 0.15) is 5.75 Å². The second-order valence-electron chi connectivity index (χ2n) is 6.55. The lowest BCUT2D eigenvalue weighted by Gasteiger charge is -2.06. The van der Waals surface area contributed by atoms with Gasteiger partial charge in [0, 0.05) is 22.8 Å². The van der Waals surface area contributed by atoms with E-state index in [2.05, 4.69) is 25.7 Å². The van der Waals surface area contributed by atoms with E-state index < -0.39 is 0 Å². The predicted molar refractivity (Wildman–Crippen MR) is 122 cm³/mol. The van der Waals surface area contributed by atoms with E-state index in [0.717, 1.165) is 11.3 Å². The maximum Gasteiger partial charge on any atom is 0.296 e. The first-order valence-corrected chi connectivity index (χ1v) is 11.0. The molecule has 4 rings (SSSR count). The number of halogens is 1. The van der Waals surface area contributed by atoms with Gasteiger partial charge in [-0.05, 0) is 55.5 Å². The van der Waals surface area contributed by atoms with Gasteiger partial charge in [-0.15, -0.1) is 10.2 Å². The molecule has 9 nitrogen and oxygen atoms in total. The Hall–Kier alpha value is -3.37. The van der Waals surface area contributed by atoms with Crippen LogP contribution in [-0.2, 0) is 11.3 Å². The van der Waals surface area contributed by atoms with E-state index in [1.54, 1.807) is 31.4 Å². The van der Waals surface area contributed by atoms with Gasteiger partial charge in [-0.1, -0.05) is 28.5 Å². The molecule has 0 saturated carbocycles. The Labute approximate surface area is 193 Å². The van der Waals surface area contributed by atoms with E-state index in [1.807, 2.05) is 35.8 Å². The average molecular weight is 471 g/mol. The maximum absolute atomic E-state index is 12.3. The number of thioether (sulfide) groups is 1. The van der Waals surface area contributed by atoms with Gasteiger partial charge in [0.05, 0.1) is 12.9 Å². The van der Waals surface area contributed by atoms with Crippen LogP contribution >= 0.6 is 23.4 Å². The molecule has 1 amide bonds. The van der Waals surface area contributed by atoms with E-state index in [9.17, 15) is 4.79 Å². The molecule has 0 bridgehead atoms. The van der Waals surface area contributed by atoms with Crippen molar-refractivity contribution in [2.75, 3.05) is 18.2 Å². The van der Waals surface area contributed by atoms with Crippen LogP contribution < -0.4 is 10.1 Å². The number of methoxy groups -OCH3 is 1. The number of hydrogen-bond acceptors (Lipinski definition) is 8. The normalized spacial score (nSPS) is 10.8. The van der Waals surface area contributed by atoms with Crippen molar-refractivity contribution in [1.82, 2.24) is 24.9 Å². The first-order valence-electron chi connectivity index (χ1n) is 9.67. The lowest BCUT2D eigenvalue weighted by Crippen LogP contribution is -2.14. The molecule has 0 atom stereocenters. The smallest absolute Gasteiger partial charge is 0.296 e. The molecular formula is C21H19ClN6O3S. The molecular weight excluding hydrogens is 452 g/mol. The SMILES string of the molecule is CCn1c(SCC(=O)Nc2ccc(Cl)cc2)nnc1-c1nc(-c2ccc(OC)cc2)no1. The molecule has 0 saturated heterocycles. The number of benzene rings is 2. The second-order valence-corrected chi connectivity index (χ2v) is 7.92. The molecule has 4 aromatic rings. The molecule has 0 aliphatic rings. The highest BCUT2D eigenvalue weighted by Crippen LogP contribution is 2.26. The molecule has 0 unspecified atom stereocenters. The van der Waals surface area contributed by atoms with Crippen molar-refractivity contribution in [2.45, 2.75) is 18.6 Å². The molecule has 0 radical (unpaired) electrons. The van der Waals surface area contributed by atoms with Crippen LogP contribution in [0.25, 0.3) is 23.1 Å². The number of carbonyl (C=O) groups is 1. The van der Waals surface area contributed by atoms with Crippen molar-refractivity contribution in [3.05, 3.63) is 53.6 Å². The number of nitrogens with zero attached hydrogens (tertiary/aromatic N) is 5. The van der Waals surface area contributed by atoms with E-state index in [1.165, 1.54) is 11.8 Å². The van der Waals surface area contributed by atoms with Gasteiger partial charge in [-0.25, -0.2) is 0 Å². The van der Waals surface area contributed by atoms with Gasteiger partial charge in [0.25, 0.3) is 5.89 Å². The molecule has 32 heavy (non-hydrogen) atoms. The summed E-state index contributed by atoms with van der Waals surface area (Å²) >= 11 is 7.14. The zero-order chi connectivity index (χ0) is 22.5. The monoisotopic (exact) mass is 470 g/mol. The summed E-state index contributed by atoms with van der Waals surface area (Å²) in [6.07, 6.45) is 0. The highest BCUT2D eigenvalue weighted by molar-refractivity contribution is 7.99. The van der Waals surface area contributed by atoms with Crippen LogP contribution in [-0.4, -0.2) is 43.7 Å². The number of ether oxygens (including phenoxy) is 1. The zero-order valence-corrected chi connectivity index (χ0v) is 18.9. The van der Waals surface area contributed by atoms with Crippen LogP contribution in [0.5, 0.6) is 5.75 Å². The summed E-state index contributed by atoms with van der Waals surface area (Å²) in [6, 6.07) is 14.3. The molecule has 0 aliphatic carbocycles. The fourth-order valence-corrected chi connectivity index (χ4v) is 3.80. The number of nitrogens with one attached hydrogen (secondary N) is 1. The standard InChI is InChI=1S/C21H19ClN6O3S/c1-3-28-19(20-24-18(27-31-20)13-4-10-16(30-2)11-5-13)25-26-21(28)32-12-17(29)23-15-8-6-14(22)7-9-15/h4-11H,3,12H2,1-2H3,(H,23,29). The Bertz CT molecular complexity index is 1210. The maximum atomic E-state index is 12.3. The quantitative estimate of drug-likeness (QED) is 0.377. The number of anilines is 1. The minimum absolute atomic E-state index is 0.163. The Kier molecular flexibility index (Phi) is 6.72. The number of hydrogen-bond donors (Lipinski definition) is 1. The first kappa shape index (κ1) is 21.8. The molecule has 2 heterocycles. The van der Waals surface area contributed by atoms with E-state index in [4.69, 9.17) is 20.9 Å². The minimum Gasteiger partial charge on any atom is -0.497 e. The minimum atomic E-state index is -0.163. The van der Waals surface area contributed by atoms with Crippen LogP contribution in [0.2, 0.25) is 5.02 Å². The molecule has 2 aromatic carbocycles. The van der Waals surface area contributed by atoms with Crippen molar-refractivity contribution in [2.24, 2.45) is 0 Å². The second kappa shape index (κ2) is 9.84. The third kappa shape index (κ3) is 4.92. The first-order chi connectivity index (χ1) is 15.6. The number of carbonyl (C=O) groups excluding carboxylic acids is 1. The van der Waals surface area contributed by atoms with E-state index in [-0.39, 0.29) is 17.6 Å². The van der Waals surface area contributed by atoms with Gasteiger partial charge in [-0.3, -0.25) is 9.36 Å². The van der Waals surface area contributed by atoms with Crippen molar-refractivity contribution in [3.63, 3.8) is 0 Å². The van der Waals surface area contributed by atoms with Gasteiger partial charge in [0.2, 0.25) is 17.6 Å². The van der Waals surface area contributed by atoms with Crippen LogP contribution in [0.3, 0.4) is 0 Å². The van der Waals surface area contributed by atoms with Crippen LogP contribution in [0.4, 0.5) is 5.69 Å². The fraction of sp³-hybridized carbons (Fsp3) is 0.190. The molecule has 0 fully saturated rings. The van der Waals surface area contributed by atoms with E-state index in [0.29, 0.717) is 34.1 Å². The van der Waals surface area contributed by atoms with Crippen molar-refractivity contribution < 1.29 is 14.1 Å². The Morgan fingerprint density at radius 2 is 1.91 bits per heavy atom. The molecule has 11 heteroatoms. The number of aromatic nitrogens is 5. The zero-order valence-electron chi connectivity index (χ0n) is 17.3. The van der Waals surface area contributed by atoms with Crippen LogP contribution in [0, 0.1) is 0 Å². The third-order valence-corrected chi connectivity index (χ3v) is 5.68. The Morgan fingerprint density at radius 3 is 2.59 bits per heavy atom. The molecule has 1 N–H and O–H groups in total. The summed E-state index contributed by atoms with van der Waals surface area (Å²) in [5, 5.41) is 16.4. The summed E-state index contributed by atoms with van der Waals surface area (Å²) in [5.41, 5.74) is 1.46. The number of amides is 1. The van der Waals surface area contributed by atoms with E-state index >= 15 is 0 Å². The summed E-state index contributed by atoms with van der Waals surface area (Å²) in [5.74, 6) is 1.88. The van der Waals surface area contributed by atoms with Crippen molar-refractivity contribution in [3.8, 4) is 28.9 Å². The topological polar surface area (TPSA) is 108 Å².